The quantitative estimate of drug-likeness (QED) is 0.647. The van der Waals surface area contributed by atoms with Gasteiger partial charge < -0.3 is 14.8 Å². The van der Waals surface area contributed by atoms with Gasteiger partial charge in [0.25, 0.3) is 5.91 Å². The Balaban J connectivity index is 1.74. The number of amides is 1. The topological polar surface area (TPSA) is 64.6 Å². The van der Waals surface area contributed by atoms with Gasteiger partial charge in [-0.3, -0.25) is 4.79 Å². The van der Waals surface area contributed by atoms with Gasteiger partial charge in [-0.25, -0.2) is 4.79 Å². The van der Waals surface area contributed by atoms with Crippen LogP contribution in [-0.2, 0) is 14.3 Å². The average molecular weight is 303 g/mol. The highest BCUT2D eigenvalue weighted by Gasteiger charge is 2.17. The molecule has 1 N–H and O–H groups in total. The van der Waals surface area contributed by atoms with Gasteiger partial charge in [-0.15, -0.1) is 0 Å². The van der Waals surface area contributed by atoms with Gasteiger partial charge in [-0.05, 0) is 36.6 Å². The molecule has 1 aliphatic carbocycles. The summed E-state index contributed by atoms with van der Waals surface area (Å²) in [5.41, 5.74) is 0.826. The molecule has 1 aliphatic rings. The average Bonchev–Trinajstić information content (AvgIpc) is 3.04. The summed E-state index contributed by atoms with van der Waals surface area (Å²) in [6, 6.07) is 7.54. The molecule has 1 fully saturated rings. The molecule has 5 nitrogen and oxygen atoms in total. The van der Waals surface area contributed by atoms with Crippen LogP contribution in [0.4, 0.5) is 0 Å². The lowest BCUT2D eigenvalue weighted by Crippen LogP contribution is -2.35. The van der Waals surface area contributed by atoms with E-state index in [9.17, 15) is 9.59 Å². The molecule has 0 aliphatic heterocycles. The van der Waals surface area contributed by atoms with E-state index in [0.29, 0.717) is 5.75 Å². The number of benzene rings is 1. The van der Waals surface area contributed by atoms with E-state index >= 15 is 0 Å². The summed E-state index contributed by atoms with van der Waals surface area (Å²) in [5, 5.41) is 2.87. The first-order valence-corrected chi connectivity index (χ1v) is 7.45. The minimum absolute atomic E-state index is 0.235. The van der Waals surface area contributed by atoms with Crippen LogP contribution in [0.25, 0.3) is 6.08 Å². The van der Waals surface area contributed by atoms with Crippen molar-refractivity contribution in [2.45, 2.75) is 31.7 Å². The smallest absolute Gasteiger partial charge is 0.331 e. The lowest BCUT2D eigenvalue weighted by Gasteiger charge is -2.11. The monoisotopic (exact) mass is 303 g/mol. The van der Waals surface area contributed by atoms with E-state index in [-0.39, 0.29) is 18.6 Å². The lowest BCUT2D eigenvalue weighted by atomic mass is 10.2. The predicted octanol–water partition coefficient (Wildman–Crippen LogP) is 2.31. The minimum Gasteiger partial charge on any atom is -0.497 e. The predicted molar refractivity (Wildman–Crippen MR) is 83.4 cm³/mol. The Bertz CT molecular complexity index is 547. The van der Waals surface area contributed by atoms with Crippen LogP contribution in [0.5, 0.6) is 5.75 Å². The molecule has 0 radical (unpaired) electrons. The number of methoxy groups -OCH3 is 1. The highest BCUT2D eigenvalue weighted by molar-refractivity contribution is 5.89. The fraction of sp³-hybridized carbons (Fsp3) is 0.412. The first-order valence-electron chi connectivity index (χ1n) is 7.45. The SMILES string of the molecule is COc1cccc(/C=C/C(=O)OCC(=O)NC2CCCC2)c1. The van der Waals surface area contributed by atoms with Crippen molar-refractivity contribution in [2.75, 3.05) is 13.7 Å². The van der Waals surface area contributed by atoms with Crippen molar-refractivity contribution in [1.82, 2.24) is 5.32 Å². The van der Waals surface area contributed by atoms with Crippen LogP contribution in [0.2, 0.25) is 0 Å². The summed E-state index contributed by atoms with van der Waals surface area (Å²) in [7, 11) is 1.58. The third-order valence-corrected chi connectivity index (χ3v) is 3.57. The largest absolute Gasteiger partial charge is 0.497 e. The van der Waals surface area contributed by atoms with Crippen molar-refractivity contribution < 1.29 is 19.1 Å². The molecule has 1 amide bonds. The molecule has 1 aromatic rings. The number of carbonyl (C=O) groups excluding carboxylic acids is 2. The van der Waals surface area contributed by atoms with E-state index < -0.39 is 5.97 Å². The van der Waals surface area contributed by atoms with E-state index in [4.69, 9.17) is 9.47 Å². The maximum Gasteiger partial charge on any atom is 0.331 e. The van der Waals surface area contributed by atoms with E-state index in [2.05, 4.69) is 5.32 Å². The molecular weight excluding hydrogens is 282 g/mol. The molecule has 0 saturated heterocycles. The fourth-order valence-electron chi connectivity index (χ4n) is 2.43. The number of esters is 1. The zero-order chi connectivity index (χ0) is 15.8. The van der Waals surface area contributed by atoms with Gasteiger partial charge in [0.2, 0.25) is 0 Å². The standard InChI is InChI=1S/C17H21NO4/c1-21-15-8-4-5-13(11-15)9-10-17(20)22-12-16(19)18-14-6-2-3-7-14/h4-5,8-11,14H,2-3,6-7,12H2,1H3,(H,18,19)/b10-9+. The molecular formula is C17H21NO4. The van der Waals surface area contributed by atoms with E-state index in [1.165, 1.54) is 6.08 Å². The van der Waals surface area contributed by atoms with Crippen molar-refractivity contribution in [3.05, 3.63) is 35.9 Å². The first-order chi connectivity index (χ1) is 10.7. The van der Waals surface area contributed by atoms with Gasteiger partial charge in [0.15, 0.2) is 6.61 Å². The summed E-state index contributed by atoms with van der Waals surface area (Å²) in [6.07, 6.45) is 7.24. The summed E-state index contributed by atoms with van der Waals surface area (Å²) < 4.78 is 10.0. The van der Waals surface area contributed by atoms with E-state index in [1.807, 2.05) is 18.2 Å². The highest BCUT2D eigenvalue weighted by atomic mass is 16.5. The Morgan fingerprint density at radius 3 is 2.82 bits per heavy atom. The first kappa shape index (κ1) is 16.1. The Labute approximate surface area is 130 Å². The Morgan fingerprint density at radius 2 is 2.09 bits per heavy atom. The molecule has 5 heteroatoms. The lowest BCUT2D eigenvalue weighted by molar-refractivity contribution is -0.144. The van der Waals surface area contributed by atoms with Crippen molar-refractivity contribution >= 4 is 18.0 Å². The number of nitrogens with one attached hydrogen (secondary N) is 1. The molecule has 1 aromatic carbocycles. The number of carbonyl (C=O) groups is 2. The van der Waals surface area contributed by atoms with E-state index in [0.717, 1.165) is 31.2 Å². The van der Waals surface area contributed by atoms with Crippen molar-refractivity contribution in [1.29, 1.82) is 0 Å². The van der Waals surface area contributed by atoms with Gasteiger partial charge in [-0.2, -0.15) is 0 Å². The molecule has 0 bridgehead atoms. The molecule has 2 rings (SSSR count). The highest BCUT2D eigenvalue weighted by Crippen LogP contribution is 2.17. The Hall–Kier alpha value is -2.30. The third kappa shape index (κ3) is 5.24. The second-order valence-electron chi connectivity index (χ2n) is 5.27. The van der Waals surface area contributed by atoms with Crippen LogP contribution in [0, 0.1) is 0 Å². The molecule has 22 heavy (non-hydrogen) atoms. The van der Waals surface area contributed by atoms with Gasteiger partial charge in [0, 0.05) is 12.1 Å². The maximum atomic E-state index is 11.6. The minimum atomic E-state index is -0.538. The van der Waals surface area contributed by atoms with Gasteiger partial charge in [0.05, 0.1) is 7.11 Å². The molecule has 1 saturated carbocycles. The molecule has 0 unspecified atom stereocenters. The number of hydrogen-bond acceptors (Lipinski definition) is 4. The van der Waals surface area contributed by atoms with Crippen LogP contribution in [-0.4, -0.2) is 31.6 Å². The summed E-state index contributed by atoms with van der Waals surface area (Å²) in [4.78, 5) is 23.2. The van der Waals surface area contributed by atoms with E-state index in [1.54, 1.807) is 19.3 Å². The zero-order valence-corrected chi connectivity index (χ0v) is 12.7. The number of ether oxygens (including phenoxy) is 2. The normalized spacial score (nSPS) is 15.0. The second-order valence-corrected chi connectivity index (χ2v) is 5.27. The van der Waals surface area contributed by atoms with Crippen molar-refractivity contribution in [3.8, 4) is 5.75 Å². The van der Waals surface area contributed by atoms with Crippen LogP contribution in [0.15, 0.2) is 30.3 Å². The molecule has 0 spiro atoms. The van der Waals surface area contributed by atoms with Crippen LogP contribution in [0.3, 0.4) is 0 Å². The Morgan fingerprint density at radius 1 is 1.32 bits per heavy atom. The molecule has 0 atom stereocenters. The van der Waals surface area contributed by atoms with Gasteiger partial charge in [-0.1, -0.05) is 25.0 Å². The third-order valence-electron chi connectivity index (χ3n) is 3.57. The number of rotatable bonds is 6. The van der Waals surface area contributed by atoms with Crippen LogP contribution < -0.4 is 10.1 Å². The summed E-state index contributed by atoms with van der Waals surface area (Å²) >= 11 is 0. The van der Waals surface area contributed by atoms with Crippen LogP contribution >= 0.6 is 0 Å². The zero-order valence-electron chi connectivity index (χ0n) is 12.7. The van der Waals surface area contributed by atoms with Crippen molar-refractivity contribution in [3.63, 3.8) is 0 Å². The maximum absolute atomic E-state index is 11.6. The molecule has 118 valence electrons. The number of hydrogen-bond donors (Lipinski definition) is 1. The summed E-state index contributed by atoms with van der Waals surface area (Å²) in [5.74, 6) is -0.0640. The van der Waals surface area contributed by atoms with Gasteiger partial charge in [0.1, 0.15) is 5.75 Å². The van der Waals surface area contributed by atoms with Crippen LogP contribution in [0.1, 0.15) is 31.2 Å². The van der Waals surface area contributed by atoms with Crippen molar-refractivity contribution in [2.24, 2.45) is 0 Å². The molecule has 0 aromatic heterocycles. The molecule has 0 heterocycles. The Kier molecular flexibility index (Phi) is 6.01. The second kappa shape index (κ2) is 8.22. The van der Waals surface area contributed by atoms with Gasteiger partial charge >= 0.3 is 5.97 Å². The summed E-state index contributed by atoms with van der Waals surface area (Å²) in [6.45, 7) is -0.238. The fourth-order valence-corrected chi connectivity index (χ4v) is 2.43.